The lowest BCUT2D eigenvalue weighted by Gasteiger charge is -2.06. The molecule has 0 aliphatic heterocycles. The maximum atomic E-state index is 11.8. The third-order valence-electron chi connectivity index (χ3n) is 2.20. The van der Waals surface area contributed by atoms with Crippen molar-refractivity contribution >= 4 is 34.9 Å². The van der Waals surface area contributed by atoms with E-state index in [1.807, 2.05) is 0 Å². The molecule has 1 aromatic carbocycles. The van der Waals surface area contributed by atoms with Gasteiger partial charge in [-0.15, -0.1) is 0 Å². The van der Waals surface area contributed by atoms with E-state index in [1.165, 1.54) is 0 Å². The average molecular weight is 298 g/mol. The minimum Gasteiger partial charge on any atom is -0.466 e. The van der Waals surface area contributed by atoms with Crippen LogP contribution in [0, 0.1) is 0 Å². The highest BCUT2D eigenvalue weighted by Crippen LogP contribution is 2.18. The number of carbonyl (C=O) groups is 2. The average Bonchev–Trinajstić information content (AvgIpc) is 2.38. The Bertz CT molecular complexity index is 514. The highest BCUT2D eigenvalue weighted by molar-refractivity contribution is 6.40. The van der Waals surface area contributed by atoms with E-state index >= 15 is 0 Å². The van der Waals surface area contributed by atoms with Crippen LogP contribution < -0.4 is 0 Å². The number of hydrogen-bond donors (Lipinski definition) is 0. The molecule has 0 fully saturated rings. The zero-order valence-corrected chi connectivity index (χ0v) is 12.1. The summed E-state index contributed by atoms with van der Waals surface area (Å²) in [5, 5.41) is 0.491. The van der Waals surface area contributed by atoms with E-state index in [4.69, 9.17) is 21.1 Å². The van der Waals surface area contributed by atoms with Gasteiger partial charge in [-0.3, -0.25) is 4.79 Å². The van der Waals surface area contributed by atoms with E-state index in [1.54, 1.807) is 38.1 Å². The molecule has 0 spiro atoms. The number of benzene rings is 1. The first-order valence-electron chi connectivity index (χ1n) is 6.22. The number of halogens is 1. The van der Waals surface area contributed by atoms with Crippen LogP contribution in [0.15, 0.2) is 29.3 Å². The van der Waals surface area contributed by atoms with Crippen molar-refractivity contribution < 1.29 is 19.1 Å². The molecule has 0 N–H and O–H groups in total. The van der Waals surface area contributed by atoms with Gasteiger partial charge in [0, 0.05) is 5.02 Å². The fourth-order valence-electron chi connectivity index (χ4n) is 1.42. The number of nitrogens with zero attached hydrogens (tertiary/aromatic N) is 1. The van der Waals surface area contributed by atoms with Crippen molar-refractivity contribution in [1.29, 1.82) is 0 Å². The van der Waals surface area contributed by atoms with Gasteiger partial charge in [-0.05, 0) is 32.0 Å². The molecule has 6 heteroatoms. The third-order valence-corrected chi connectivity index (χ3v) is 2.44. The summed E-state index contributed by atoms with van der Waals surface area (Å²) in [7, 11) is 0. The molecule has 0 unspecified atom stereocenters. The first kappa shape index (κ1) is 16.2. The summed E-state index contributed by atoms with van der Waals surface area (Å²) < 4.78 is 9.68. The maximum absolute atomic E-state index is 11.8. The maximum Gasteiger partial charge on any atom is 0.353 e. The van der Waals surface area contributed by atoms with Crippen molar-refractivity contribution in [3.63, 3.8) is 0 Å². The van der Waals surface area contributed by atoms with Crippen LogP contribution in [-0.2, 0) is 19.1 Å². The van der Waals surface area contributed by atoms with Gasteiger partial charge in [-0.2, -0.15) is 0 Å². The van der Waals surface area contributed by atoms with Crippen LogP contribution in [-0.4, -0.2) is 30.9 Å². The molecule has 1 rings (SSSR count). The SMILES string of the molecule is CCOC(=O)C/C(=N\c1cccc(Cl)c1)C(=O)OCC. The number of aliphatic imine (C=N–C) groups is 1. The Morgan fingerprint density at radius 3 is 2.50 bits per heavy atom. The fraction of sp³-hybridized carbons (Fsp3) is 0.357. The van der Waals surface area contributed by atoms with Crippen molar-refractivity contribution in [2.75, 3.05) is 13.2 Å². The Balaban J connectivity index is 2.97. The minimum atomic E-state index is -0.638. The lowest BCUT2D eigenvalue weighted by molar-refractivity contribution is -0.143. The van der Waals surface area contributed by atoms with Gasteiger partial charge in [0.2, 0.25) is 0 Å². The van der Waals surface area contributed by atoms with Gasteiger partial charge in [-0.1, -0.05) is 17.7 Å². The first-order valence-corrected chi connectivity index (χ1v) is 6.60. The van der Waals surface area contributed by atoms with Crippen molar-refractivity contribution in [2.24, 2.45) is 4.99 Å². The Labute approximate surface area is 122 Å². The van der Waals surface area contributed by atoms with Crippen LogP contribution in [0.3, 0.4) is 0 Å². The zero-order valence-electron chi connectivity index (χ0n) is 11.4. The Hall–Kier alpha value is -1.88. The van der Waals surface area contributed by atoms with E-state index in [-0.39, 0.29) is 25.3 Å². The van der Waals surface area contributed by atoms with Gasteiger partial charge in [0.15, 0.2) is 0 Å². The standard InChI is InChI=1S/C14H16ClNO4/c1-3-19-13(17)9-12(14(18)20-4-2)16-11-7-5-6-10(15)8-11/h5-8H,3-4,9H2,1-2H3/b16-12+. The number of hydrogen-bond acceptors (Lipinski definition) is 5. The van der Waals surface area contributed by atoms with E-state index in [2.05, 4.69) is 4.99 Å². The lowest BCUT2D eigenvalue weighted by atomic mass is 10.2. The smallest absolute Gasteiger partial charge is 0.353 e. The second-order valence-electron chi connectivity index (χ2n) is 3.74. The molecule has 0 bridgehead atoms. The van der Waals surface area contributed by atoms with E-state index in [9.17, 15) is 9.59 Å². The number of ether oxygens (including phenoxy) is 2. The molecule has 0 atom stereocenters. The Kier molecular flexibility index (Phi) is 6.73. The van der Waals surface area contributed by atoms with E-state index in [0.717, 1.165) is 0 Å². The molecule has 0 amide bonds. The van der Waals surface area contributed by atoms with Crippen molar-refractivity contribution in [3.8, 4) is 0 Å². The van der Waals surface area contributed by atoms with Crippen LogP contribution in [0.2, 0.25) is 5.02 Å². The van der Waals surface area contributed by atoms with Crippen molar-refractivity contribution in [3.05, 3.63) is 29.3 Å². The van der Waals surface area contributed by atoms with Gasteiger partial charge < -0.3 is 9.47 Å². The quantitative estimate of drug-likeness (QED) is 0.598. The molecule has 0 aromatic heterocycles. The molecule has 108 valence electrons. The van der Waals surface area contributed by atoms with Crippen LogP contribution in [0.4, 0.5) is 5.69 Å². The van der Waals surface area contributed by atoms with Crippen LogP contribution in [0.25, 0.3) is 0 Å². The molecule has 0 aliphatic carbocycles. The highest BCUT2D eigenvalue weighted by atomic mass is 35.5. The second kappa shape index (κ2) is 8.32. The largest absolute Gasteiger partial charge is 0.466 e. The Morgan fingerprint density at radius 2 is 1.90 bits per heavy atom. The van der Waals surface area contributed by atoms with Gasteiger partial charge in [0.05, 0.1) is 25.3 Å². The summed E-state index contributed by atoms with van der Waals surface area (Å²) in [5.41, 5.74) is 0.470. The zero-order chi connectivity index (χ0) is 15.0. The molecule has 0 radical (unpaired) electrons. The van der Waals surface area contributed by atoms with Crippen molar-refractivity contribution in [2.45, 2.75) is 20.3 Å². The molecule has 1 aromatic rings. The van der Waals surface area contributed by atoms with Crippen LogP contribution >= 0.6 is 11.6 Å². The number of rotatable bonds is 6. The molecule has 5 nitrogen and oxygen atoms in total. The first-order chi connectivity index (χ1) is 9.56. The summed E-state index contributed by atoms with van der Waals surface area (Å²) in [5.74, 6) is -1.16. The predicted molar refractivity (Wildman–Crippen MR) is 76.4 cm³/mol. The van der Waals surface area contributed by atoms with E-state index in [0.29, 0.717) is 10.7 Å². The van der Waals surface area contributed by atoms with Gasteiger partial charge >= 0.3 is 11.9 Å². The lowest BCUT2D eigenvalue weighted by Crippen LogP contribution is -2.22. The normalized spacial score (nSPS) is 11.1. The number of carbonyl (C=O) groups excluding carboxylic acids is 2. The highest BCUT2D eigenvalue weighted by Gasteiger charge is 2.18. The summed E-state index contributed by atoms with van der Waals surface area (Å²) in [6, 6.07) is 6.66. The third kappa shape index (κ3) is 5.40. The Morgan fingerprint density at radius 1 is 1.20 bits per heavy atom. The number of esters is 2. The summed E-state index contributed by atoms with van der Waals surface area (Å²) in [6.45, 7) is 3.82. The predicted octanol–water partition coefficient (Wildman–Crippen LogP) is 2.93. The summed E-state index contributed by atoms with van der Waals surface area (Å²) >= 11 is 5.85. The van der Waals surface area contributed by atoms with Crippen molar-refractivity contribution in [1.82, 2.24) is 0 Å². The topological polar surface area (TPSA) is 65.0 Å². The van der Waals surface area contributed by atoms with Gasteiger partial charge in [0.25, 0.3) is 0 Å². The molecule has 0 heterocycles. The summed E-state index contributed by atoms with van der Waals surface area (Å²) in [6.07, 6.45) is -0.237. The van der Waals surface area contributed by atoms with Crippen LogP contribution in [0.5, 0.6) is 0 Å². The summed E-state index contributed by atoms with van der Waals surface area (Å²) in [4.78, 5) is 27.4. The second-order valence-corrected chi connectivity index (χ2v) is 4.18. The monoisotopic (exact) mass is 297 g/mol. The molecule has 0 aliphatic rings. The molecule has 20 heavy (non-hydrogen) atoms. The van der Waals surface area contributed by atoms with Gasteiger partial charge in [-0.25, -0.2) is 9.79 Å². The minimum absolute atomic E-state index is 0.00688. The molecule has 0 saturated heterocycles. The van der Waals surface area contributed by atoms with Crippen LogP contribution in [0.1, 0.15) is 20.3 Å². The fourth-order valence-corrected chi connectivity index (χ4v) is 1.61. The molecular weight excluding hydrogens is 282 g/mol. The van der Waals surface area contributed by atoms with Gasteiger partial charge in [0.1, 0.15) is 5.71 Å². The van der Waals surface area contributed by atoms with E-state index < -0.39 is 11.9 Å². The molecular formula is C14H16ClNO4. The molecule has 0 saturated carbocycles.